The Morgan fingerprint density at radius 3 is 1.92 bits per heavy atom. The van der Waals surface area contributed by atoms with Gasteiger partial charge in [0.15, 0.2) is 6.29 Å². The van der Waals surface area contributed by atoms with E-state index in [-0.39, 0.29) is 19.6 Å². The van der Waals surface area contributed by atoms with E-state index in [1.165, 1.54) is 19.3 Å². The standard InChI is InChI=1S/C40H70O12S/c1-3-5-7-9-11-13-15-16-17-18-19-21-23-25-27-29-36(42)50-34(32-48-30-28-26-24-22-20-14-12-10-8-6-4-2)33-49-40-38(44)39(52-53(45,46)47)37(43)35(31-41)51-40/h5,7-8,10-11,13,16-17,34-35,37-41,43-44H,3-4,6,9,12,14-15,18-33H2,1-2H3,(H,45,46,47)/b7-5-,10-8-,13-11-,17-16-. The van der Waals surface area contributed by atoms with Crippen LogP contribution in [0, 0.1) is 0 Å². The van der Waals surface area contributed by atoms with Crippen LogP contribution in [0.15, 0.2) is 48.6 Å². The van der Waals surface area contributed by atoms with Crippen LogP contribution in [-0.4, -0.2) is 97.5 Å². The number of hydrogen-bond acceptors (Lipinski definition) is 11. The monoisotopic (exact) mass is 774 g/mol. The maximum Gasteiger partial charge on any atom is 0.397 e. The van der Waals surface area contributed by atoms with Gasteiger partial charge in [0.2, 0.25) is 0 Å². The van der Waals surface area contributed by atoms with E-state index in [0.717, 1.165) is 89.9 Å². The summed E-state index contributed by atoms with van der Waals surface area (Å²) >= 11 is 0. The van der Waals surface area contributed by atoms with Gasteiger partial charge in [0.25, 0.3) is 0 Å². The van der Waals surface area contributed by atoms with Crippen molar-refractivity contribution in [1.82, 2.24) is 0 Å². The fourth-order valence-corrected chi connectivity index (χ4v) is 6.20. The molecule has 4 N–H and O–H groups in total. The smallest absolute Gasteiger partial charge is 0.397 e. The molecule has 0 radical (unpaired) electrons. The van der Waals surface area contributed by atoms with Crippen LogP contribution in [0.1, 0.15) is 136 Å². The topological polar surface area (TPSA) is 178 Å². The van der Waals surface area contributed by atoms with Gasteiger partial charge in [-0.15, -0.1) is 0 Å². The van der Waals surface area contributed by atoms with E-state index in [9.17, 15) is 28.5 Å². The Bertz CT molecular complexity index is 1120. The summed E-state index contributed by atoms with van der Waals surface area (Å²) in [6.07, 6.45) is 27.2. The first-order valence-electron chi connectivity index (χ1n) is 19.9. The zero-order valence-electron chi connectivity index (χ0n) is 32.3. The predicted octanol–water partition coefficient (Wildman–Crippen LogP) is 7.23. The summed E-state index contributed by atoms with van der Waals surface area (Å²) in [4.78, 5) is 12.8. The summed E-state index contributed by atoms with van der Waals surface area (Å²) in [7, 11) is -5.06. The van der Waals surface area contributed by atoms with Crippen molar-refractivity contribution in [2.75, 3.05) is 26.4 Å². The molecule has 1 aliphatic rings. The van der Waals surface area contributed by atoms with Crippen LogP contribution < -0.4 is 0 Å². The number of aliphatic hydroxyl groups excluding tert-OH is 3. The summed E-state index contributed by atoms with van der Waals surface area (Å²) in [5, 5.41) is 30.5. The molecule has 308 valence electrons. The van der Waals surface area contributed by atoms with Crippen LogP contribution in [0.25, 0.3) is 0 Å². The Labute approximate surface area is 319 Å². The summed E-state index contributed by atoms with van der Waals surface area (Å²) in [5.41, 5.74) is 0. The molecule has 0 aliphatic carbocycles. The number of esters is 1. The van der Waals surface area contributed by atoms with Gasteiger partial charge in [0.1, 0.15) is 30.5 Å². The average Bonchev–Trinajstić information content (AvgIpc) is 3.12. The molecular weight excluding hydrogens is 704 g/mol. The highest BCUT2D eigenvalue weighted by molar-refractivity contribution is 7.80. The summed E-state index contributed by atoms with van der Waals surface area (Å²) in [6, 6.07) is 0. The SMILES string of the molecule is CC/C=C\C/C=C\C/C=C\CCCCCCCC(=O)OC(COCCCCCCCC/C=C\CCC)COC1OC(CO)C(O)C(OS(=O)(=O)O)C1O. The molecule has 0 bridgehead atoms. The number of carbonyl (C=O) groups is 1. The minimum absolute atomic E-state index is 0.0227. The molecule has 0 spiro atoms. The normalized spacial score (nSPS) is 21.8. The van der Waals surface area contributed by atoms with Crippen LogP contribution in [0.2, 0.25) is 0 Å². The van der Waals surface area contributed by atoms with Gasteiger partial charge in [-0.05, 0) is 64.2 Å². The van der Waals surface area contributed by atoms with Crippen LogP contribution >= 0.6 is 0 Å². The molecule has 6 atom stereocenters. The van der Waals surface area contributed by atoms with Crippen molar-refractivity contribution in [2.45, 2.75) is 173 Å². The molecule has 1 heterocycles. The lowest BCUT2D eigenvalue weighted by molar-refractivity contribution is -0.301. The third-order valence-electron chi connectivity index (χ3n) is 8.67. The fourth-order valence-electron chi connectivity index (χ4n) is 5.69. The maximum absolute atomic E-state index is 12.8. The fraction of sp³-hybridized carbons (Fsp3) is 0.775. The Balaban J connectivity index is 2.51. The van der Waals surface area contributed by atoms with Crippen molar-refractivity contribution in [3.8, 4) is 0 Å². The average molecular weight is 775 g/mol. The van der Waals surface area contributed by atoms with Gasteiger partial charge in [0, 0.05) is 13.0 Å². The van der Waals surface area contributed by atoms with Crippen LogP contribution in [0.3, 0.4) is 0 Å². The van der Waals surface area contributed by atoms with Gasteiger partial charge < -0.3 is 34.3 Å². The number of ether oxygens (including phenoxy) is 4. The lowest BCUT2D eigenvalue weighted by Crippen LogP contribution is -2.60. The van der Waals surface area contributed by atoms with E-state index in [4.69, 9.17) is 23.5 Å². The first-order valence-corrected chi connectivity index (χ1v) is 21.3. The molecule has 6 unspecified atom stereocenters. The van der Waals surface area contributed by atoms with Crippen molar-refractivity contribution in [1.29, 1.82) is 0 Å². The largest absolute Gasteiger partial charge is 0.457 e. The van der Waals surface area contributed by atoms with Crippen LogP contribution in [0.5, 0.6) is 0 Å². The first-order chi connectivity index (χ1) is 25.6. The second kappa shape index (κ2) is 32.3. The minimum atomic E-state index is -5.06. The molecule has 13 heteroatoms. The quantitative estimate of drug-likeness (QED) is 0.0228. The van der Waals surface area contributed by atoms with Crippen LogP contribution in [0.4, 0.5) is 0 Å². The minimum Gasteiger partial charge on any atom is -0.457 e. The number of allylic oxidation sites excluding steroid dienone is 8. The highest BCUT2D eigenvalue weighted by Gasteiger charge is 2.48. The molecule has 1 rings (SSSR count). The van der Waals surface area contributed by atoms with E-state index in [1.54, 1.807) is 0 Å². The summed E-state index contributed by atoms with van der Waals surface area (Å²) < 4.78 is 58.8. The Hall–Kier alpha value is -1.94. The van der Waals surface area contributed by atoms with Gasteiger partial charge in [-0.1, -0.05) is 114 Å². The molecule has 0 aromatic rings. The highest BCUT2D eigenvalue weighted by Crippen LogP contribution is 2.26. The summed E-state index contributed by atoms with van der Waals surface area (Å²) in [5.74, 6) is -0.422. The molecule has 0 saturated carbocycles. The third-order valence-corrected chi connectivity index (χ3v) is 9.13. The van der Waals surface area contributed by atoms with Crippen molar-refractivity contribution in [2.24, 2.45) is 0 Å². The number of unbranched alkanes of at least 4 members (excludes halogenated alkanes) is 12. The Morgan fingerprint density at radius 1 is 0.736 bits per heavy atom. The van der Waals surface area contributed by atoms with Gasteiger partial charge in [0.05, 0.1) is 19.8 Å². The van der Waals surface area contributed by atoms with E-state index < -0.39 is 59.8 Å². The molecule has 0 aromatic carbocycles. The molecule has 1 saturated heterocycles. The second-order valence-corrected chi connectivity index (χ2v) is 14.5. The molecule has 1 aliphatic heterocycles. The van der Waals surface area contributed by atoms with Crippen molar-refractivity contribution in [3.05, 3.63) is 48.6 Å². The van der Waals surface area contributed by atoms with Crippen molar-refractivity contribution >= 4 is 16.4 Å². The van der Waals surface area contributed by atoms with E-state index in [0.29, 0.717) is 13.0 Å². The molecular formula is C40H70O12S. The lowest BCUT2D eigenvalue weighted by atomic mass is 9.99. The Kier molecular flexibility index (Phi) is 29.9. The van der Waals surface area contributed by atoms with Gasteiger partial charge in [-0.3, -0.25) is 9.35 Å². The van der Waals surface area contributed by atoms with Crippen LogP contribution in [-0.2, 0) is 38.3 Å². The van der Waals surface area contributed by atoms with Crippen molar-refractivity contribution in [3.63, 3.8) is 0 Å². The number of carbonyl (C=O) groups excluding carboxylic acids is 1. The zero-order chi connectivity index (χ0) is 39.0. The van der Waals surface area contributed by atoms with Gasteiger partial charge in [-0.25, -0.2) is 4.18 Å². The highest BCUT2D eigenvalue weighted by atomic mass is 32.3. The van der Waals surface area contributed by atoms with Crippen molar-refractivity contribution < 1.29 is 56.2 Å². The number of hydrogen-bond donors (Lipinski definition) is 4. The molecule has 0 amide bonds. The molecule has 53 heavy (non-hydrogen) atoms. The van der Waals surface area contributed by atoms with E-state index >= 15 is 0 Å². The zero-order valence-corrected chi connectivity index (χ0v) is 33.1. The Morgan fingerprint density at radius 2 is 1.30 bits per heavy atom. The lowest BCUT2D eigenvalue weighted by Gasteiger charge is -2.41. The number of aliphatic hydroxyl groups is 3. The number of rotatable bonds is 33. The molecule has 12 nitrogen and oxygen atoms in total. The predicted molar refractivity (Wildman–Crippen MR) is 206 cm³/mol. The summed E-state index contributed by atoms with van der Waals surface area (Å²) in [6.45, 7) is 3.75. The van der Waals surface area contributed by atoms with E-state index in [2.05, 4.69) is 66.6 Å². The van der Waals surface area contributed by atoms with Gasteiger partial charge in [-0.2, -0.15) is 8.42 Å². The third kappa shape index (κ3) is 26.5. The molecule has 1 fully saturated rings. The first kappa shape index (κ1) is 49.1. The molecule has 0 aromatic heterocycles. The second-order valence-electron chi connectivity index (χ2n) is 13.5. The van der Waals surface area contributed by atoms with E-state index in [1.807, 2.05) is 0 Å². The van der Waals surface area contributed by atoms with Gasteiger partial charge >= 0.3 is 16.4 Å². The maximum atomic E-state index is 12.8.